The van der Waals surface area contributed by atoms with E-state index in [2.05, 4.69) is 0 Å². The molecule has 0 bridgehead atoms. The van der Waals surface area contributed by atoms with Crippen LogP contribution in [0.3, 0.4) is 0 Å². The van der Waals surface area contributed by atoms with Crippen molar-refractivity contribution in [3.05, 3.63) is 34.9 Å². The molecule has 4 heteroatoms. The lowest BCUT2D eigenvalue weighted by Gasteiger charge is -2.13. The van der Waals surface area contributed by atoms with Crippen LogP contribution in [0.25, 0.3) is 0 Å². The van der Waals surface area contributed by atoms with Crippen molar-refractivity contribution in [3.8, 4) is 0 Å². The number of rotatable bonds is 2. The lowest BCUT2D eigenvalue weighted by Crippen LogP contribution is -2.09. The fourth-order valence-electron chi connectivity index (χ4n) is 1.31. The van der Waals surface area contributed by atoms with Crippen LogP contribution in [0.15, 0.2) is 18.2 Å². The van der Waals surface area contributed by atoms with Gasteiger partial charge in [-0.1, -0.05) is 19.1 Å². The molecule has 1 nitrogen and oxygen atoms in total. The third kappa shape index (κ3) is 2.58. The predicted molar refractivity (Wildman–Crippen MR) is 50.7 cm³/mol. The Labute approximate surface area is 85.9 Å². The summed E-state index contributed by atoms with van der Waals surface area (Å²) in [6.07, 6.45) is -3.73. The standard InChI is InChI=1S/C11H11F3O/c1-7-3-4-9(8(2)6-15)5-10(7)11(12,13)14/h3-6,8H,1-2H3. The van der Waals surface area contributed by atoms with Crippen LogP contribution in [0.4, 0.5) is 13.2 Å². The van der Waals surface area contributed by atoms with Crippen molar-refractivity contribution in [2.75, 3.05) is 0 Å². The number of benzene rings is 1. The van der Waals surface area contributed by atoms with Gasteiger partial charge in [-0.2, -0.15) is 13.2 Å². The minimum absolute atomic E-state index is 0.171. The molecule has 0 N–H and O–H groups in total. The van der Waals surface area contributed by atoms with Crippen LogP contribution < -0.4 is 0 Å². The number of aryl methyl sites for hydroxylation is 1. The van der Waals surface area contributed by atoms with E-state index in [1.807, 2.05) is 0 Å². The smallest absolute Gasteiger partial charge is 0.303 e. The second-order valence-corrected chi connectivity index (χ2v) is 3.50. The summed E-state index contributed by atoms with van der Waals surface area (Å²) in [6.45, 7) is 2.97. The number of aldehydes is 1. The highest BCUT2D eigenvalue weighted by Crippen LogP contribution is 2.33. The Morgan fingerprint density at radius 3 is 2.40 bits per heavy atom. The molecule has 0 saturated carbocycles. The van der Waals surface area contributed by atoms with Gasteiger partial charge in [0.05, 0.1) is 5.56 Å². The van der Waals surface area contributed by atoms with E-state index >= 15 is 0 Å². The van der Waals surface area contributed by atoms with E-state index in [0.29, 0.717) is 11.8 Å². The zero-order chi connectivity index (χ0) is 11.6. The third-order valence-electron chi connectivity index (χ3n) is 2.30. The summed E-state index contributed by atoms with van der Waals surface area (Å²) in [7, 11) is 0. The topological polar surface area (TPSA) is 17.1 Å². The van der Waals surface area contributed by atoms with Crippen molar-refractivity contribution < 1.29 is 18.0 Å². The Bertz CT molecular complexity index is 369. The number of carbonyl (C=O) groups is 1. The summed E-state index contributed by atoms with van der Waals surface area (Å²) < 4.78 is 37.5. The SMILES string of the molecule is Cc1ccc(C(C)C=O)cc1C(F)(F)F. The molecule has 15 heavy (non-hydrogen) atoms. The summed E-state index contributed by atoms with van der Waals surface area (Å²) in [5, 5.41) is 0. The molecule has 0 heterocycles. The fraction of sp³-hybridized carbons (Fsp3) is 0.364. The summed E-state index contributed by atoms with van der Waals surface area (Å²) in [6, 6.07) is 3.97. The predicted octanol–water partition coefficient (Wildman–Crippen LogP) is 3.32. The largest absolute Gasteiger partial charge is 0.416 e. The van der Waals surface area contributed by atoms with E-state index in [9.17, 15) is 18.0 Å². The normalized spacial score (nSPS) is 13.7. The lowest BCUT2D eigenvalue weighted by molar-refractivity contribution is -0.138. The van der Waals surface area contributed by atoms with Gasteiger partial charge < -0.3 is 4.79 Å². The van der Waals surface area contributed by atoms with Gasteiger partial charge in [-0.15, -0.1) is 0 Å². The molecule has 1 unspecified atom stereocenters. The van der Waals surface area contributed by atoms with Crippen LogP contribution in [0.1, 0.15) is 29.5 Å². The van der Waals surface area contributed by atoms with Gasteiger partial charge in [-0.25, -0.2) is 0 Å². The molecule has 0 aromatic heterocycles. The maximum atomic E-state index is 12.5. The molecule has 0 radical (unpaired) electrons. The van der Waals surface area contributed by atoms with Crippen molar-refractivity contribution in [3.63, 3.8) is 0 Å². The van der Waals surface area contributed by atoms with Gasteiger partial charge in [0.2, 0.25) is 0 Å². The van der Waals surface area contributed by atoms with Crippen molar-refractivity contribution in [1.29, 1.82) is 0 Å². The van der Waals surface area contributed by atoms with Gasteiger partial charge in [-0.05, 0) is 24.1 Å². The van der Waals surface area contributed by atoms with Crippen molar-refractivity contribution in [2.45, 2.75) is 25.9 Å². The summed E-state index contributed by atoms with van der Waals surface area (Å²) in [5.41, 5.74) is -0.110. The second-order valence-electron chi connectivity index (χ2n) is 3.50. The monoisotopic (exact) mass is 216 g/mol. The maximum Gasteiger partial charge on any atom is 0.416 e. The Kier molecular flexibility index (Phi) is 3.17. The van der Waals surface area contributed by atoms with E-state index in [4.69, 9.17) is 0 Å². The highest BCUT2D eigenvalue weighted by atomic mass is 19.4. The first kappa shape index (κ1) is 11.8. The summed E-state index contributed by atoms with van der Waals surface area (Å²) >= 11 is 0. The first-order chi connectivity index (χ1) is 6.86. The molecule has 0 aliphatic carbocycles. The van der Waals surface area contributed by atoms with Gasteiger partial charge in [0.1, 0.15) is 6.29 Å². The van der Waals surface area contributed by atoms with Gasteiger partial charge >= 0.3 is 6.18 Å². The molecule has 0 amide bonds. The average molecular weight is 216 g/mol. The number of alkyl halides is 3. The second kappa shape index (κ2) is 4.04. The molecular weight excluding hydrogens is 205 g/mol. The van der Waals surface area contributed by atoms with Crippen molar-refractivity contribution >= 4 is 6.29 Å². The van der Waals surface area contributed by atoms with Gasteiger partial charge in [0.15, 0.2) is 0 Å². The number of halogens is 3. The van der Waals surface area contributed by atoms with Crippen molar-refractivity contribution in [1.82, 2.24) is 0 Å². The zero-order valence-corrected chi connectivity index (χ0v) is 8.43. The first-order valence-electron chi connectivity index (χ1n) is 4.49. The summed E-state index contributed by atoms with van der Waals surface area (Å²) in [4.78, 5) is 10.5. The minimum Gasteiger partial charge on any atom is -0.303 e. The molecule has 0 saturated heterocycles. The molecule has 0 aliphatic rings. The first-order valence-corrected chi connectivity index (χ1v) is 4.49. The fourth-order valence-corrected chi connectivity index (χ4v) is 1.31. The summed E-state index contributed by atoms with van der Waals surface area (Å²) in [5.74, 6) is -0.508. The maximum absolute atomic E-state index is 12.5. The van der Waals surface area contributed by atoms with E-state index in [-0.39, 0.29) is 5.56 Å². The number of hydrogen-bond acceptors (Lipinski definition) is 1. The van der Waals surface area contributed by atoms with Crippen molar-refractivity contribution in [2.24, 2.45) is 0 Å². The third-order valence-corrected chi connectivity index (χ3v) is 2.30. The van der Waals surface area contributed by atoms with Crippen LogP contribution >= 0.6 is 0 Å². The zero-order valence-electron chi connectivity index (χ0n) is 8.43. The van der Waals surface area contributed by atoms with Crippen LogP contribution in [-0.4, -0.2) is 6.29 Å². The Morgan fingerprint density at radius 2 is 1.93 bits per heavy atom. The molecule has 0 spiro atoms. The Balaban J connectivity index is 3.22. The Morgan fingerprint density at radius 1 is 1.33 bits per heavy atom. The van der Waals surface area contributed by atoms with Gasteiger partial charge in [-0.3, -0.25) is 0 Å². The number of hydrogen-bond donors (Lipinski definition) is 0. The minimum atomic E-state index is -4.36. The van der Waals surface area contributed by atoms with Crippen LogP contribution in [-0.2, 0) is 11.0 Å². The van der Waals surface area contributed by atoms with E-state index in [1.165, 1.54) is 13.0 Å². The molecular formula is C11H11F3O. The lowest BCUT2D eigenvalue weighted by atomic mass is 9.97. The van der Waals surface area contributed by atoms with E-state index < -0.39 is 17.7 Å². The average Bonchev–Trinajstić information content (AvgIpc) is 2.15. The molecule has 0 aliphatic heterocycles. The molecule has 82 valence electrons. The molecule has 1 aromatic carbocycles. The Hall–Kier alpha value is -1.32. The highest BCUT2D eigenvalue weighted by molar-refractivity contribution is 5.61. The van der Waals surface area contributed by atoms with Crippen LogP contribution in [0, 0.1) is 6.92 Å². The molecule has 1 aromatic rings. The molecule has 1 rings (SSSR count). The number of carbonyl (C=O) groups excluding carboxylic acids is 1. The van der Waals surface area contributed by atoms with Gasteiger partial charge in [0.25, 0.3) is 0 Å². The van der Waals surface area contributed by atoms with Crippen LogP contribution in [0.5, 0.6) is 0 Å². The highest BCUT2D eigenvalue weighted by Gasteiger charge is 2.32. The van der Waals surface area contributed by atoms with Crippen LogP contribution in [0.2, 0.25) is 0 Å². The quantitative estimate of drug-likeness (QED) is 0.693. The molecule has 1 atom stereocenters. The molecule has 0 fully saturated rings. The van der Waals surface area contributed by atoms with E-state index in [1.54, 1.807) is 13.0 Å². The van der Waals surface area contributed by atoms with Gasteiger partial charge in [0, 0.05) is 5.92 Å². The van der Waals surface area contributed by atoms with E-state index in [0.717, 1.165) is 6.07 Å².